The fourth-order valence-corrected chi connectivity index (χ4v) is 3.48. The van der Waals surface area contributed by atoms with Gasteiger partial charge in [0.15, 0.2) is 0 Å². The minimum atomic E-state index is 0.495. The zero-order chi connectivity index (χ0) is 19.9. The van der Waals surface area contributed by atoms with E-state index in [2.05, 4.69) is 82.9 Å². The topological polar surface area (TPSA) is 69.7 Å². The summed E-state index contributed by atoms with van der Waals surface area (Å²) in [5, 5.41) is 18.1. The van der Waals surface area contributed by atoms with Crippen LogP contribution < -0.4 is 10.2 Å². The van der Waals surface area contributed by atoms with E-state index in [4.69, 9.17) is 0 Å². The van der Waals surface area contributed by atoms with Crippen LogP contribution in [0.15, 0.2) is 42.5 Å². The van der Waals surface area contributed by atoms with Crippen LogP contribution in [0.4, 0.5) is 11.4 Å². The van der Waals surface area contributed by atoms with Crippen molar-refractivity contribution >= 4 is 11.4 Å². The highest BCUT2D eigenvalue weighted by atomic mass is 15.5. The van der Waals surface area contributed by atoms with Crippen LogP contribution >= 0.6 is 0 Å². The number of H-pyrrole nitrogens is 1. The molecule has 2 N–H and O–H groups in total. The molecule has 0 fully saturated rings. The Morgan fingerprint density at radius 2 is 1.89 bits per heavy atom. The summed E-state index contributed by atoms with van der Waals surface area (Å²) < 4.78 is 0. The second-order valence-electron chi connectivity index (χ2n) is 7.15. The summed E-state index contributed by atoms with van der Waals surface area (Å²) in [6.45, 7) is 7.54. The van der Waals surface area contributed by atoms with Crippen molar-refractivity contribution in [3.8, 4) is 22.5 Å². The molecule has 0 saturated heterocycles. The van der Waals surface area contributed by atoms with Crippen molar-refractivity contribution in [1.82, 2.24) is 20.6 Å². The van der Waals surface area contributed by atoms with Gasteiger partial charge in [-0.2, -0.15) is 5.21 Å². The number of nitrogens with zero attached hydrogens (tertiary/aromatic N) is 4. The normalized spacial score (nSPS) is 12.0. The molecule has 0 amide bonds. The molecule has 3 rings (SSSR count). The summed E-state index contributed by atoms with van der Waals surface area (Å²) in [6.07, 6.45) is 3.67. The molecule has 1 heterocycles. The van der Waals surface area contributed by atoms with Gasteiger partial charge in [0.1, 0.15) is 0 Å². The molecule has 0 bridgehead atoms. The SMILES string of the molecule is CCCCC(C)N(C)c1ccc(-c2ccccc2-c2nn[nH]n2)cc1NCC. The largest absolute Gasteiger partial charge is 0.384 e. The maximum absolute atomic E-state index is 4.16. The maximum atomic E-state index is 4.16. The molecular weight excluding hydrogens is 348 g/mol. The van der Waals surface area contributed by atoms with Crippen molar-refractivity contribution in [2.24, 2.45) is 0 Å². The number of benzene rings is 2. The molecule has 3 aromatic rings. The highest BCUT2D eigenvalue weighted by Gasteiger charge is 2.16. The lowest BCUT2D eigenvalue weighted by molar-refractivity contribution is 0.588. The van der Waals surface area contributed by atoms with E-state index in [-0.39, 0.29) is 0 Å². The maximum Gasteiger partial charge on any atom is 0.205 e. The molecule has 2 aromatic carbocycles. The molecule has 28 heavy (non-hydrogen) atoms. The third-order valence-electron chi connectivity index (χ3n) is 5.20. The van der Waals surface area contributed by atoms with Gasteiger partial charge in [-0.15, -0.1) is 10.2 Å². The Hall–Kier alpha value is -2.89. The summed E-state index contributed by atoms with van der Waals surface area (Å²) in [4.78, 5) is 2.38. The third-order valence-corrected chi connectivity index (χ3v) is 5.20. The molecule has 0 radical (unpaired) electrons. The number of aromatic nitrogens is 4. The van der Waals surface area contributed by atoms with Gasteiger partial charge in [-0.3, -0.25) is 0 Å². The first kappa shape index (κ1) is 19.9. The third kappa shape index (κ3) is 4.32. The van der Waals surface area contributed by atoms with Crippen molar-refractivity contribution in [2.75, 3.05) is 23.8 Å². The molecule has 148 valence electrons. The van der Waals surface area contributed by atoms with Gasteiger partial charge in [0.05, 0.1) is 11.4 Å². The Morgan fingerprint density at radius 1 is 1.11 bits per heavy atom. The number of hydrogen-bond donors (Lipinski definition) is 2. The zero-order valence-electron chi connectivity index (χ0n) is 17.2. The molecular formula is C22H30N6. The van der Waals surface area contributed by atoms with Crippen molar-refractivity contribution in [2.45, 2.75) is 46.1 Å². The van der Waals surface area contributed by atoms with Crippen LogP contribution in [0, 0.1) is 0 Å². The van der Waals surface area contributed by atoms with Crippen LogP contribution in [0.5, 0.6) is 0 Å². The molecule has 0 saturated carbocycles. The van der Waals surface area contributed by atoms with Crippen LogP contribution in [-0.4, -0.2) is 40.3 Å². The lowest BCUT2D eigenvalue weighted by atomic mass is 9.98. The Morgan fingerprint density at radius 3 is 2.57 bits per heavy atom. The minimum absolute atomic E-state index is 0.495. The average molecular weight is 379 g/mol. The van der Waals surface area contributed by atoms with Crippen LogP contribution in [0.25, 0.3) is 22.5 Å². The quantitative estimate of drug-likeness (QED) is 0.549. The lowest BCUT2D eigenvalue weighted by Crippen LogP contribution is -2.29. The fourth-order valence-electron chi connectivity index (χ4n) is 3.48. The number of hydrogen-bond acceptors (Lipinski definition) is 5. The number of anilines is 2. The van der Waals surface area contributed by atoms with E-state index in [1.807, 2.05) is 18.2 Å². The van der Waals surface area contributed by atoms with E-state index in [9.17, 15) is 0 Å². The number of nitrogens with one attached hydrogen (secondary N) is 2. The molecule has 1 atom stereocenters. The second kappa shape index (κ2) is 9.35. The number of tetrazole rings is 1. The van der Waals surface area contributed by atoms with E-state index in [0.29, 0.717) is 11.9 Å². The van der Waals surface area contributed by atoms with Gasteiger partial charge in [0.2, 0.25) is 5.82 Å². The van der Waals surface area contributed by atoms with Gasteiger partial charge in [0.25, 0.3) is 0 Å². The first-order valence-corrected chi connectivity index (χ1v) is 10.1. The van der Waals surface area contributed by atoms with Crippen molar-refractivity contribution in [3.63, 3.8) is 0 Å². The predicted octanol–water partition coefficient (Wildman–Crippen LogP) is 4.98. The van der Waals surface area contributed by atoms with Crippen molar-refractivity contribution in [3.05, 3.63) is 42.5 Å². The summed E-state index contributed by atoms with van der Waals surface area (Å²) >= 11 is 0. The molecule has 0 spiro atoms. The molecule has 1 aromatic heterocycles. The summed E-state index contributed by atoms with van der Waals surface area (Å²) in [6, 6.07) is 15.3. The standard InChI is InChI=1S/C22H30N6/c1-5-7-10-16(3)28(4)21-14-13-17(15-20(21)23-6-2)18-11-8-9-12-19(18)22-24-26-27-25-22/h8-9,11-16,23H,5-7,10H2,1-4H3,(H,24,25,26,27). The van der Waals surface area contributed by atoms with E-state index in [1.165, 1.54) is 24.9 Å². The summed E-state index contributed by atoms with van der Waals surface area (Å²) in [7, 11) is 2.18. The fraction of sp³-hybridized carbons (Fsp3) is 0.409. The van der Waals surface area contributed by atoms with Crippen LogP contribution in [0.2, 0.25) is 0 Å². The number of aromatic amines is 1. The smallest absolute Gasteiger partial charge is 0.205 e. The van der Waals surface area contributed by atoms with E-state index >= 15 is 0 Å². The van der Waals surface area contributed by atoms with Crippen LogP contribution in [-0.2, 0) is 0 Å². The minimum Gasteiger partial charge on any atom is -0.384 e. The van der Waals surface area contributed by atoms with Gasteiger partial charge >= 0.3 is 0 Å². The van der Waals surface area contributed by atoms with E-state index in [0.717, 1.165) is 28.9 Å². The molecule has 0 aliphatic heterocycles. The Balaban J connectivity index is 1.98. The Labute approximate surface area is 167 Å². The first-order valence-electron chi connectivity index (χ1n) is 10.1. The van der Waals surface area contributed by atoms with Gasteiger partial charge in [-0.1, -0.05) is 50.1 Å². The molecule has 0 aliphatic rings. The first-order chi connectivity index (χ1) is 13.7. The van der Waals surface area contributed by atoms with Crippen LogP contribution in [0.3, 0.4) is 0 Å². The van der Waals surface area contributed by atoms with Gasteiger partial charge in [-0.25, -0.2) is 0 Å². The molecule has 0 aliphatic carbocycles. The van der Waals surface area contributed by atoms with E-state index < -0.39 is 0 Å². The summed E-state index contributed by atoms with van der Waals surface area (Å²) in [5.41, 5.74) is 5.57. The lowest BCUT2D eigenvalue weighted by Gasteiger charge is -2.29. The Bertz CT molecular complexity index is 874. The predicted molar refractivity (Wildman–Crippen MR) is 117 cm³/mol. The molecule has 6 nitrogen and oxygen atoms in total. The van der Waals surface area contributed by atoms with Crippen LogP contribution in [0.1, 0.15) is 40.0 Å². The monoisotopic (exact) mass is 378 g/mol. The van der Waals surface area contributed by atoms with Gasteiger partial charge < -0.3 is 10.2 Å². The Kier molecular flexibility index (Phi) is 6.63. The molecule has 1 unspecified atom stereocenters. The second-order valence-corrected chi connectivity index (χ2v) is 7.15. The van der Waals surface area contributed by atoms with Crippen molar-refractivity contribution in [1.29, 1.82) is 0 Å². The number of rotatable bonds is 9. The summed E-state index contributed by atoms with van der Waals surface area (Å²) in [5.74, 6) is 0.606. The van der Waals surface area contributed by atoms with Gasteiger partial charge in [0, 0.05) is 25.2 Å². The van der Waals surface area contributed by atoms with Gasteiger partial charge in [-0.05, 0) is 48.7 Å². The van der Waals surface area contributed by atoms with Crippen molar-refractivity contribution < 1.29 is 0 Å². The zero-order valence-corrected chi connectivity index (χ0v) is 17.2. The highest BCUT2D eigenvalue weighted by Crippen LogP contribution is 2.36. The average Bonchev–Trinajstić information content (AvgIpc) is 3.26. The molecule has 6 heteroatoms. The highest BCUT2D eigenvalue weighted by molar-refractivity contribution is 5.85. The number of unbranched alkanes of at least 4 members (excludes halogenated alkanes) is 1. The van der Waals surface area contributed by atoms with E-state index in [1.54, 1.807) is 0 Å².